The standard InChI is InChI=1S/C13H26N4/c1-6-11(14)9-12-10(4)15-16(5)13(12)17(7-2)8-3/h11H,6-9,14H2,1-5H3. The van der Waals surface area contributed by atoms with Crippen LogP contribution in [0.4, 0.5) is 5.82 Å². The van der Waals surface area contributed by atoms with Crippen molar-refractivity contribution in [3.05, 3.63) is 11.3 Å². The van der Waals surface area contributed by atoms with Crippen LogP contribution >= 0.6 is 0 Å². The fraction of sp³-hybridized carbons (Fsp3) is 0.769. The molecule has 1 aromatic rings. The summed E-state index contributed by atoms with van der Waals surface area (Å²) < 4.78 is 1.99. The molecule has 4 nitrogen and oxygen atoms in total. The van der Waals surface area contributed by atoms with Gasteiger partial charge in [-0.3, -0.25) is 4.68 Å². The van der Waals surface area contributed by atoms with E-state index in [1.54, 1.807) is 0 Å². The van der Waals surface area contributed by atoms with Crippen molar-refractivity contribution in [2.24, 2.45) is 12.8 Å². The fourth-order valence-electron chi connectivity index (χ4n) is 2.25. The molecule has 1 heterocycles. The Balaban J connectivity index is 3.09. The van der Waals surface area contributed by atoms with Crippen molar-refractivity contribution in [2.75, 3.05) is 18.0 Å². The maximum absolute atomic E-state index is 6.08. The Morgan fingerprint density at radius 3 is 2.35 bits per heavy atom. The second kappa shape index (κ2) is 6.05. The molecule has 0 saturated carbocycles. The van der Waals surface area contributed by atoms with E-state index in [1.165, 1.54) is 11.4 Å². The van der Waals surface area contributed by atoms with Gasteiger partial charge in [-0.15, -0.1) is 0 Å². The predicted octanol–water partition coefficient (Wildman–Crippen LogP) is 1.85. The van der Waals surface area contributed by atoms with Crippen LogP contribution in [-0.4, -0.2) is 28.9 Å². The quantitative estimate of drug-likeness (QED) is 0.823. The van der Waals surface area contributed by atoms with Gasteiger partial charge < -0.3 is 10.6 Å². The van der Waals surface area contributed by atoms with Crippen LogP contribution in [0.15, 0.2) is 0 Å². The molecule has 0 aromatic carbocycles. The van der Waals surface area contributed by atoms with Gasteiger partial charge in [-0.05, 0) is 33.6 Å². The summed E-state index contributed by atoms with van der Waals surface area (Å²) in [5.74, 6) is 1.23. The lowest BCUT2D eigenvalue weighted by Crippen LogP contribution is -2.28. The second-order valence-electron chi connectivity index (χ2n) is 4.56. The van der Waals surface area contributed by atoms with E-state index >= 15 is 0 Å². The summed E-state index contributed by atoms with van der Waals surface area (Å²) in [6, 6.07) is 0.229. The molecule has 0 bridgehead atoms. The molecule has 1 unspecified atom stereocenters. The molecule has 0 radical (unpaired) electrons. The van der Waals surface area contributed by atoms with Crippen LogP contribution in [-0.2, 0) is 13.5 Å². The Hall–Kier alpha value is -1.03. The van der Waals surface area contributed by atoms with Gasteiger partial charge in [0.05, 0.1) is 5.69 Å². The van der Waals surface area contributed by atoms with Crippen LogP contribution < -0.4 is 10.6 Å². The molecule has 1 rings (SSSR count). The molecule has 98 valence electrons. The van der Waals surface area contributed by atoms with Gasteiger partial charge in [0.15, 0.2) is 0 Å². The zero-order valence-electron chi connectivity index (χ0n) is 11.8. The van der Waals surface area contributed by atoms with Crippen LogP contribution in [0.5, 0.6) is 0 Å². The van der Waals surface area contributed by atoms with Crippen molar-refractivity contribution in [1.82, 2.24) is 9.78 Å². The number of aromatic nitrogens is 2. The summed E-state index contributed by atoms with van der Waals surface area (Å²) in [7, 11) is 2.02. The van der Waals surface area contributed by atoms with Crippen LogP contribution in [0.2, 0.25) is 0 Å². The summed E-state index contributed by atoms with van der Waals surface area (Å²) in [5.41, 5.74) is 8.50. The Kier molecular flexibility index (Phi) is 5.00. The lowest BCUT2D eigenvalue weighted by atomic mass is 10.0. The van der Waals surface area contributed by atoms with Gasteiger partial charge in [0, 0.05) is 31.7 Å². The monoisotopic (exact) mass is 238 g/mol. The van der Waals surface area contributed by atoms with E-state index in [4.69, 9.17) is 5.73 Å². The number of anilines is 1. The van der Waals surface area contributed by atoms with E-state index in [0.29, 0.717) is 0 Å². The van der Waals surface area contributed by atoms with Gasteiger partial charge in [-0.25, -0.2) is 0 Å². The second-order valence-corrected chi connectivity index (χ2v) is 4.56. The third kappa shape index (κ3) is 3.00. The lowest BCUT2D eigenvalue weighted by Gasteiger charge is -2.23. The molecule has 0 fully saturated rings. The van der Waals surface area contributed by atoms with E-state index in [0.717, 1.165) is 31.6 Å². The van der Waals surface area contributed by atoms with Crippen LogP contribution in [0, 0.1) is 6.92 Å². The average molecular weight is 238 g/mol. The lowest BCUT2D eigenvalue weighted by molar-refractivity contribution is 0.641. The zero-order valence-corrected chi connectivity index (χ0v) is 11.8. The van der Waals surface area contributed by atoms with E-state index in [1.807, 2.05) is 11.7 Å². The molecular weight excluding hydrogens is 212 g/mol. The van der Waals surface area contributed by atoms with Crippen LogP contribution in [0.3, 0.4) is 0 Å². The summed E-state index contributed by atoms with van der Waals surface area (Å²) in [6.45, 7) is 10.6. The van der Waals surface area contributed by atoms with Crippen LogP contribution in [0.1, 0.15) is 38.4 Å². The van der Waals surface area contributed by atoms with Crippen molar-refractivity contribution < 1.29 is 0 Å². The SMILES string of the molecule is CCC(N)Cc1c(C)nn(C)c1N(CC)CC. The first-order valence-corrected chi connectivity index (χ1v) is 6.58. The number of nitrogens with two attached hydrogens (primary N) is 1. The van der Waals surface area contributed by atoms with Crippen molar-refractivity contribution in [3.8, 4) is 0 Å². The fourth-order valence-corrected chi connectivity index (χ4v) is 2.25. The van der Waals surface area contributed by atoms with Gasteiger partial charge in [0.1, 0.15) is 5.82 Å². The molecule has 0 aliphatic rings. The zero-order chi connectivity index (χ0) is 13.0. The number of hydrogen-bond donors (Lipinski definition) is 1. The third-order valence-electron chi connectivity index (χ3n) is 3.37. The first-order chi connectivity index (χ1) is 8.04. The van der Waals surface area contributed by atoms with Crippen molar-refractivity contribution in [3.63, 3.8) is 0 Å². The Labute approximate surface area is 105 Å². The minimum Gasteiger partial charge on any atom is -0.357 e. The van der Waals surface area contributed by atoms with Gasteiger partial charge in [-0.2, -0.15) is 5.10 Å². The van der Waals surface area contributed by atoms with Gasteiger partial charge in [-0.1, -0.05) is 6.92 Å². The molecule has 0 spiro atoms. The maximum Gasteiger partial charge on any atom is 0.130 e. The molecule has 1 aromatic heterocycles. The summed E-state index contributed by atoms with van der Waals surface area (Å²) in [5, 5.41) is 4.53. The average Bonchev–Trinajstić information content (AvgIpc) is 2.57. The highest BCUT2D eigenvalue weighted by atomic mass is 15.4. The third-order valence-corrected chi connectivity index (χ3v) is 3.37. The number of nitrogens with zero attached hydrogens (tertiary/aromatic N) is 3. The topological polar surface area (TPSA) is 47.1 Å². The molecule has 4 heteroatoms. The Bertz CT molecular complexity index is 353. The number of rotatable bonds is 6. The number of hydrogen-bond acceptors (Lipinski definition) is 3. The highest BCUT2D eigenvalue weighted by Gasteiger charge is 2.18. The molecule has 0 saturated heterocycles. The summed E-state index contributed by atoms with van der Waals surface area (Å²) >= 11 is 0. The Morgan fingerprint density at radius 1 is 1.29 bits per heavy atom. The van der Waals surface area contributed by atoms with Gasteiger partial charge in [0.25, 0.3) is 0 Å². The van der Waals surface area contributed by atoms with E-state index in [2.05, 4.69) is 37.7 Å². The van der Waals surface area contributed by atoms with Gasteiger partial charge >= 0.3 is 0 Å². The van der Waals surface area contributed by atoms with E-state index in [-0.39, 0.29) is 6.04 Å². The molecular formula is C13H26N4. The Morgan fingerprint density at radius 2 is 1.88 bits per heavy atom. The first kappa shape index (κ1) is 14.0. The molecule has 2 N–H and O–H groups in total. The van der Waals surface area contributed by atoms with E-state index < -0.39 is 0 Å². The van der Waals surface area contributed by atoms with Crippen molar-refractivity contribution in [1.29, 1.82) is 0 Å². The molecule has 0 aliphatic carbocycles. The van der Waals surface area contributed by atoms with Crippen molar-refractivity contribution in [2.45, 2.75) is 46.6 Å². The maximum atomic E-state index is 6.08. The highest BCUT2D eigenvalue weighted by Crippen LogP contribution is 2.24. The molecule has 0 amide bonds. The smallest absolute Gasteiger partial charge is 0.130 e. The van der Waals surface area contributed by atoms with Crippen molar-refractivity contribution >= 4 is 5.82 Å². The highest BCUT2D eigenvalue weighted by molar-refractivity contribution is 5.50. The molecule has 1 atom stereocenters. The minimum absolute atomic E-state index is 0.229. The minimum atomic E-state index is 0.229. The van der Waals surface area contributed by atoms with Crippen LogP contribution in [0.25, 0.3) is 0 Å². The first-order valence-electron chi connectivity index (χ1n) is 6.58. The molecule has 0 aliphatic heterocycles. The van der Waals surface area contributed by atoms with E-state index in [9.17, 15) is 0 Å². The normalized spacial score (nSPS) is 12.8. The van der Waals surface area contributed by atoms with Gasteiger partial charge in [0.2, 0.25) is 0 Å². The largest absolute Gasteiger partial charge is 0.357 e. The molecule has 17 heavy (non-hydrogen) atoms. The summed E-state index contributed by atoms with van der Waals surface area (Å²) in [6.07, 6.45) is 1.92. The predicted molar refractivity (Wildman–Crippen MR) is 73.5 cm³/mol. The number of aryl methyl sites for hydroxylation is 2. The summed E-state index contributed by atoms with van der Waals surface area (Å²) in [4.78, 5) is 2.34.